The fraction of sp³-hybridized carbons (Fsp3) is 0.526. The summed E-state index contributed by atoms with van der Waals surface area (Å²) in [7, 11) is 1.72. The smallest absolute Gasteiger partial charge is 0.321 e. The molecule has 0 saturated carbocycles. The molecule has 3 aliphatic rings. The van der Waals surface area contributed by atoms with Gasteiger partial charge in [0.2, 0.25) is 0 Å². The summed E-state index contributed by atoms with van der Waals surface area (Å²) in [5, 5.41) is 13.6. The first-order chi connectivity index (χ1) is 11.7. The summed E-state index contributed by atoms with van der Waals surface area (Å²) in [6, 6.07) is 7.73. The maximum absolute atomic E-state index is 11.5. The molecule has 128 valence electrons. The Balaban J connectivity index is 1.77. The number of H-pyrrole nitrogens is 1. The third-order valence-corrected chi connectivity index (χ3v) is 5.93. The van der Waals surface area contributed by atoms with Crippen molar-refractivity contribution in [2.24, 2.45) is 5.92 Å². The summed E-state index contributed by atoms with van der Waals surface area (Å²) in [6.45, 7) is 3.53. The molecule has 2 bridgehead atoms. The monoisotopic (exact) mass is 327 g/mol. The number of likely N-dealkylation sites (N-methyl/N-ethyl adjacent to an activating group) is 1. The van der Waals surface area contributed by atoms with Gasteiger partial charge in [0, 0.05) is 35.5 Å². The lowest BCUT2D eigenvalue weighted by atomic mass is 9.76. The summed E-state index contributed by atoms with van der Waals surface area (Å²) < 4.78 is 0. The molecule has 1 aromatic heterocycles. The number of para-hydroxylation sites is 1. The first-order valence-electron chi connectivity index (χ1n) is 8.89. The van der Waals surface area contributed by atoms with Crippen LogP contribution in [0.3, 0.4) is 0 Å². The highest BCUT2D eigenvalue weighted by atomic mass is 16.4. The normalized spacial score (nSPS) is 27.5. The second kappa shape index (κ2) is 6.22. The van der Waals surface area contributed by atoms with Crippen molar-refractivity contribution in [3.8, 4) is 0 Å². The van der Waals surface area contributed by atoms with Crippen molar-refractivity contribution in [3.63, 3.8) is 0 Å². The zero-order valence-electron chi connectivity index (χ0n) is 14.1. The number of benzene rings is 1. The number of carbonyl (C=O) groups is 1. The third kappa shape index (κ3) is 2.62. The van der Waals surface area contributed by atoms with Crippen molar-refractivity contribution in [1.82, 2.24) is 15.2 Å². The number of carboxylic acids is 1. The van der Waals surface area contributed by atoms with Crippen molar-refractivity contribution in [3.05, 3.63) is 35.5 Å². The fourth-order valence-electron chi connectivity index (χ4n) is 4.57. The Labute approximate surface area is 142 Å². The summed E-state index contributed by atoms with van der Waals surface area (Å²) in [4.78, 5) is 17.7. The van der Waals surface area contributed by atoms with Crippen LogP contribution in [0, 0.1) is 5.92 Å². The lowest BCUT2D eigenvalue weighted by Gasteiger charge is -2.45. The Hall–Kier alpha value is -1.85. The van der Waals surface area contributed by atoms with Crippen molar-refractivity contribution in [2.45, 2.75) is 31.2 Å². The molecule has 0 spiro atoms. The van der Waals surface area contributed by atoms with Gasteiger partial charge in [-0.1, -0.05) is 18.2 Å². The maximum Gasteiger partial charge on any atom is 0.321 e. The van der Waals surface area contributed by atoms with Gasteiger partial charge in [0.25, 0.3) is 0 Å². The number of hydrogen-bond donors (Lipinski definition) is 3. The number of aliphatic carboxylic acids is 1. The van der Waals surface area contributed by atoms with E-state index in [1.54, 1.807) is 7.05 Å². The van der Waals surface area contributed by atoms with Gasteiger partial charge in [-0.25, -0.2) is 0 Å². The minimum atomic E-state index is -0.789. The van der Waals surface area contributed by atoms with Crippen molar-refractivity contribution in [2.75, 3.05) is 26.7 Å². The lowest BCUT2D eigenvalue weighted by molar-refractivity contribution is -0.139. The van der Waals surface area contributed by atoms with Gasteiger partial charge in [-0.2, -0.15) is 0 Å². The van der Waals surface area contributed by atoms with E-state index in [1.807, 2.05) is 12.1 Å². The molecule has 5 rings (SSSR count). The van der Waals surface area contributed by atoms with Crippen LogP contribution in [-0.4, -0.2) is 53.7 Å². The minimum Gasteiger partial charge on any atom is -0.480 e. The average molecular weight is 327 g/mol. The number of piperidine rings is 3. The molecule has 0 radical (unpaired) electrons. The van der Waals surface area contributed by atoms with Crippen LogP contribution in [0.2, 0.25) is 0 Å². The predicted octanol–water partition coefficient (Wildman–Crippen LogP) is 2.19. The van der Waals surface area contributed by atoms with Gasteiger partial charge in [-0.05, 0) is 50.5 Å². The number of carboxylic acid groups (broad SMARTS) is 1. The molecule has 2 unspecified atom stereocenters. The number of rotatable bonds is 5. The van der Waals surface area contributed by atoms with Crippen LogP contribution in [0.25, 0.3) is 10.9 Å². The number of aromatic amines is 1. The second-order valence-electron chi connectivity index (χ2n) is 7.19. The van der Waals surface area contributed by atoms with Crippen LogP contribution in [0.15, 0.2) is 24.3 Å². The van der Waals surface area contributed by atoms with Gasteiger partial charge < -0.3 is 20.3 Å². The molecule has 24 heavy (non-hydrogen) atoms. The van der Waals surface area contributed by atoms with E-state index in [2.05, 4.69) is 27.3 Å². The van der Waals surface area contributed by atoms with E-state index < -0.39 is 12.0 Å². The van der Waals surface area contributed by atoms with Crippen LogP contribution >= 0.6 is 0 Å². The summed E-state index contributed by atoms with van der Waals surface area (Å²) in [6.07, 6.45) is 3.04. The van der Waals surface area contributed by atoms with Crippen LogP contribution in [0.4, 0.5) is 0 Å². The standard InChI is InChI=1S/C19H25N3O2/c1-20-17(19(23)24)10-14-13-4-2-3-5-16(13)21-18(14)15-11-22-8-6-12(15)7-9-22/h2-5,12,15,17,20-21H,6-11H2,1H3,(H,23,24). The molecule has 5 heteroatoms. The van der Waals surface area contributed by atoms with E-state index in [9.17, 15) is 9.90 Å². The largest absolute Gasteiger partial charge is 0.480 e. The molecule has 1 aromatic carbocycles. The fourth-order valence-corrected chi connectivity index (χ4v) is 4.57. The molecule has 2 aromatic rings. The van der Waals surface area contributed by atoms with Gasteiger partial charge >= 0.3 is 5.97 Å². The van der Waals surface area contributed by atoms with Gasteiger partial charge in [0.05, 0.1) is 0 Å². The molecule has 0 aliphatic carbocycles. The molecule has 4 heterocycles. The Morgan fingerprint density at radius 2 is 2.12 bits per heavy atom. The van der Waals surface area contributed by atoms with E-state index in [-0.39, 0.29) is 0 Å². The SMILES string of the molecule is CNC(Cc1c(C2CN3CCC2CC3)[nH]c2ccccc12)C(=O)O. The predicted molar refractivity (Wildman–Crippen MR) is 94.4 cm³/mol. The highest BCUT2D eigenvalue weighted by Gasteiger charge is 2.37. The summed E-state index contributed by atoms with van der Waals surface area (Å²) >= 11 is 0. The van der Waals surface area contributed by atoms with Crippen molar-refractivity contribution >= 4 is 16.9 Å². The molecule has 3 aliphatic heterocycles. The summed E-state index contributed by atoms with van der Waals surface area (Å²) in [5.41, 5.74) is 3.58. The van der Waals surface area contributed by atoms with Gasteiger partial charge in [0.15, 0.2) is 0 Å². The molecule has 3 fully saturated rings. The topological polar surface area (TPSA) is 68.4 Å². The number of nitrogens with zero attached hydrogens (tertiary/aromatic N) is 1. The van der Waals surface area contributed by atoms with Gasteiger partial charge in [-0.3, -0.25) is 4.79 Å². The number of hydrogen-bond acceptors (Lipinski definition) is 3. The molecule has 0 amide bonds. The Morgan fingerprint density at radius 3 is 2.75 bits per heavy atom. The first-order valence-corrected chi connectivity index (χ1v) is 8.89. The quantitative estimate of drug-likeness (QED) is 0.787. The Morgan fingerprint density at radius 1 is 1.38 bits per heavy atom. The average Bonchev–Trinajstić information content (AvgIpc) is 2.98. The van der Waals surface area contributed by atoms with Crippen molar-refractivity contribution in [1.29, 1.82) is 0 Å². The van der Waals surface area contributed by atoms with E-state index in [0.717, 1.165) is 18.0 Å². The van der Waals surface area contributed by atoms with Crippen LogP contribution < -0.4 is 5.32 Å². The number of aromatic nitrogens is 1. The highest BCUT2D eigenvalue weighted by Crippen LogP contribution is 2.41. The molecule has 2 atom stereocenters. The lowest BCUT2D eigenvalue weighted by Crippen LogP contribution is -2.46. The molecule has 3 saturated heterocycles. The van der Waals surface area contributed by atoms with E-state index in [1.165, 1.54) is 42.6 Å². The van der Waals surface area contributed by atoms with E-state index in [4.69, 9.17) is 0 Å². The summed E-state index contributed by atoms with van der Waals surface area (Å²) in [5.74, 6) is 0.434. The second-order valence-corrected chi connectivity index (χ2v) is 7.19. The molecular weight excluding hydrogens is 302 g/mol. The number of nitrogens with one attached hydrogen (secondary N) is 2. The van der Waals surface area contributed by atoms with Crippen LogP contribution in [-0.2, 0) is 11.2 Å². The molecule has 3 N–H and O–H groups in total. The Bertz CT molecular complexity index is 746. The van der Waals surface area contributed by atoms with E-state index >= 15 is 0 Å². The highest BCUT2D eigenvalue weighted by molar-refractivity contribution is 5.86. The first kappa shape index (κ1) is 15.7. The number of fused-ring (bicyclic) bond motifs is 4. The van der Waals surface area contributed by atoms with Gasteiger partial charge in [0.1, 0.15) is 6.04 Å². The molecule has 5 nitrogen and oxygen atoms in total. The van der Waals surface area contributed by atoms with Crippen LogP contribution in [0.5, 0.6) is 0 Å². The van der Waals surface area contributed by atoms with E-state index in [0.29, 0.717) is 12.3 Å². The third-order valence-electron chi connectivity index (χ3n) is 5.93. The van der Waals surface area contributed by atoms with Crippen LogP contribution in [0.1, 0.15) is 30.0 Å². The van der Waals surface area contributed by atoms with Crippen molar-refractivity contribution < 1.29 is 9.90 Å². The zero-order chi connectivity index (χ0) is 16.7. The molecular formula is C19H25N3O2. The minimum absolute atomic E-state index is 0.501. The van der Waals surface area contributed by atoms with Gasteiger partial charge in [-0.15, -0.1) is 0 Å². The Kier molecular flexibility index (Phi) is 4.06. The zero-order valence-corrected chi connectivity index (χ0v) is 14.1. The maximum atomic E-state index is 11.5.